The van der Waals surface area contributed by atoms with Crippen molar-refractivity contribution in [1.29, 1.82) is 0 Å². The van der Waals surface area contributed by atoms with E-state index >= 15 is 4.39 Å². The van der Waals surface area contributed by atoms with Crippen LogP contribution in [0.3, 0.4) is 0 Å². The van der Waals surface area contributed by atoms with Gasteiger partial charge in [-0.25, -0.2) is 4.39 Å². The Morgan fingerprint density at radius 2 is 1.48 bits per heavy atom. The van der Waals surface area contributed by atoms with E-state index in [1.54, 1.807) is 48.5 Å². The van der Waals surface area contributed by atoms with Crippen molar-refractivity contribution in [2.24, 2.45) is 0 Å². The maximum absolute atomic E-state index is 15.2. The second-order valence-corrected chi connectivity index (χ2v) is 10.6. The van der Waals surface area contributed by atoms with Crippen LogP contribution in [-0.2, 0) is 11.3 Å². The third-order valence-corrected chi connectivity index (χ3v) is 7.28. The molecule has 4 aromatic carbocycles. The molecule has 0 radical (unpaired) electrons. The molecular formula is C39H35F3O4. The first-order chi connectivity index (χ1) is 22.3. The molecule has 0 aliphatic heterocycles. The van der Waals surface area contributed by atoms with Gasteiger partial charge in [0, 0.05) is 16.7 Å². The molecule has 7 heteroatoms. The molecule has 4 rings (SSSR count). The minimum Gasteiger partial charge on any atom is -0.392 e. The van der Waals surface area contributed by atoms with Crippen LogP contribution in [0.4, 0.5) is 13.2 Å². The topological polar surface area (TPSA) is 58.9 Å². The van der Waals surface area contributed by atoms with Gasteiger partial charge >= 0.3 is 0 Å². The third kappa shape index (κ3) is 9.73. The van der Waals surface area contributed by atoms with Crippen LogP contribution in [0.15, 0.2) is 116 Å². The van der Waals surface area contributed by atoms with E-state index in [4.69, 9.17) is 14.9 Å². The molecule has 0 heterocycles. The van der Waals surface area contributed by atoms with Gasteiger partial charge in [-0.15, -0.1) is 0 Å². The van der Waals surface area contributed by atoms with Crippen LogP contribution in [0.25, 0.3) is 27.8 Å². The Morgan fingerprint density at radius 1 is 0.761 bits per heavy atom. The number of halogens is 3. The van der Waals surface area contributed by atoms with Crippen LogP contribution in [0.2, 0.25) is 0 Å². The number of hydrogen-bond donors (Lipinski definition) is 2. The highest BCUT2D eigenvalue weighted by molar-refractivity contribution is 5.71. The summed E-state index contributed by atoms with van der Waals surface area (Å²) < 4.78 is 39.9. The minimum atomic E-state index is -1.65. The van der Waals surface area contributed by atoms with E-state index in [0.717, 1.165) is 46.7 Å². The molecular weight excluding hydrogens is 589 g/mol. The van der Waals surface area contributed by atoms with Gasteiger partial charge in [-0.1, -0.05) is 80.0 Å². The lowest BCUT2D eigenvalue weighted by Gasteiger charge is -2.10. The molecule has 0 aliphatic carbocycles. The lowest BCUT2D eigenvalue weighted by molar-refractivity contribution is -0.172. The summed E-state index contributed by atoms with van der Waals surface area (Å²) in [6.07, 6.45) is 2.57. The molecule has 46 heavy (non-hydrogen) atoms. The summed E-state index contributed by atoms with van der Waals surface area (Å²) in [7, 11) is 0. The minimum absolute atomic E-state index is 0.0893. The van der Waals surface area contributed by atoms with Crippen LogP contribution < -0.4 is 4.89 Å². The molecule has 236 valence electrons. The Bertz CT molecular complexity index is 1740. The molecule has 0 unspecified atom stereocenters. The number of rotatable bonds is 14. The van der Waals surface area contributed by atoms with Gasteiger partial charge in [0.05, 0.1) is 6.61 Å². The number of hydrogen-bond acceptors (Lipinski definition) is 4. The van der Waals surface area contributed by atoms with E-state index in [0.29, 0.717) is 47.3 Å². The van der Waals surface area contributed by atoms with Crippen molar-refractivity contribution in [2.75, 3.05) is 13.2 Å². The predicted octanol–water partition coefficient (Wildman–Crippen LogP) is 9.26. The lowest BCUT2D eigenvalue weighted by Crippen LogP contribution is -1.99. The average molecular weight is 625 g/mol. The number of aliphatic hydroxyl groups is 2. The highest BCUT2D eigenvalue weighted by Crippen LogP contribution is 2.28. The molecule has 0 saturated heterocycles. The van der Waals surface area contributed by atoms with Crippen molar-refractivity contribution in [1.82, 2.24) is 0 Å². The maximum atomic E-state index is 15.2. The normalized spacial score (nSPS) is 10.5. The predicted molar refractivity (Wildman–Crippen MR) is 176 cm³/mol. The number of aryl methyl sites for hydroxylation is 1. The van der Waals surface area contributed by atoms with Gasteiger partial charge in [0.15, 0.2) is 11.5 Å². The van der Waals surface area contributed by atoms with E-state index in [-0.39, 0.29) is 19.0 Å². The summed E-state index contributed by atoms with van der Waals surface area (Å²) in [5.74, 6) is 6.44. The fourth-order valence-electron chi connectivity index (χ4n) is 4.73. The van der Waals surface area contributed by atoms with Gasteiger partial charge in [-0.3, -0.25) is 9.78 Å². The Balaban J connectivity index is 1.54. The summed E-state index contributed by atoms with van der Waals surface area (Å²) in [5.41, 5.74) is 6.77. The molecule has 0 atom stereocenters. The van der Waals surface area contributed by atoms with Crippen LogP contribution in [-0.4, -0.2) is 23.4 Å². The molecule has 0 aliphatic rings. The summed E-state index contributed by atoms with van der Waals surface area (Å²) in [6.45, 7) is 6.83. The van der Waals surface area contributed by atoms with Gasteiger partial charge in [-0.05, 0) is 102 Å². The monoisotopic (exact) mass is 624 g/mol. The molecule has 0 aromatic heterocycles. The Hall–Kier alpha value is -5.03. The van der Waals surface area contributed by atoms with Crippen LogP contribution in [0.5, 0.6) is 5.75 Å². The number of benzene rings is 4. The maximum Gasteiger partial charge on any atom is 0.266 e. The summed E-state index contributed by atoms with van der Waals surface area (Å²) in [6, 6.07) is 25.3. The Kier molecular flexibility index (Phi) is 12.4. The second kappa shape index (κ2) is 16.9. The quantitative estimate of drug-likeness (QED) is 0.0483. The van der Waals surface area contributed by atoms with Gasteiger partial charge < -0.3 is 10.2 Å². The van der Waals surface area contributed by atoms with Gasteiger partial charge in [0.1, 0.15) is 12.4 Å². The number of unbranched alkanes of at least 4 members (excludes halogenated alkanes) is 3. The van der Waals surface area contributed by atoms with Crippen molar-refractivity contribution in [3.8, 4) is 39.8 Å². The molecule has 2 N–H and O–H groups in total. The fraction of sp³-hybridized carbons (Fsp3) is 0.179. The molecule has 4 nitrogen and oxygen atoms in total. The van der Waals surface area contributed by atoms with E-state index in [1.165, 1.54) is 6.07 Å². The summed E-state index contributed by atoms with van der Waals surface area (Å²) in [5, 5.41) is 18.3. The van der Waals surface area contributed by atoms with Crippen LogP contribution in [0, 0.1) is 17.7 Å². The fourth-order valence-corrected chi connectivity index (χ4v) is 4.73. The standard InChI is InChI=1S/C39H35F3O4/c1-27(25-43)30-12-15-33(16-13-30)37-22-10-29(23-38(37)40)9-11-31-14-17-35(24-34(31)7-5-3-4-6-8-39(41)42)32-18-20-36(21-19-32)46-45-28(2)26-44/h8,10,12-24,43-44H,1-7,25-26H2. The molecule has 0 bridgehead atoms. The van der Waals surface area contributed by atoms with Gasteiger partial charge in [0.2, 0.25) is 0 Å². The third-order valence-electron chi connectivity index (χ3n) is 7.28. The molecule has 0 saturated carbocycles. The number of aliphatic hydroxyl groups excluding tert-OH is 2. The molecule has 0 fully saturated rings. The van der Waals surface area contributed by atoms with Crippen molar-refractivity contribution in [3.05, 3.63) is 144 Å². The Labute approximate surface area is 267 Å². The average Bonchev–Trinajstić information content (AvgIpc) is 3.08. The zero-order valence-corrected chi connectivity index (χ0v) is 25.4. The molecule has 4 aromatic rings. The van der Waals surface area contributed by atoms with Crippen molar-refractivity contribution in [2.45, 2.75) is 32.1 Å². The highest BCUT2D eigenvalue weighted by atomic mass is 19.3. The molecule has 0 spiro atoms. The van der Waals surface area contributed by atoms with E-state index < -0.39 is 11.9 Å². The largest absolute Gasteiger partial charge is 0.392 e. The Morgan fingerprint density at radius 3 is 2.15 bits per heavy atom. The van der Waals surface area contributed by atoms with Crippen molar-refractivity contribution < 1.29 is 33.2 Å². The summed E-state index contributed by atoms with van der Waals surface area (Å²) >= 11 is 0. The van der Waals surface area contributed by atoms with Crippen molar-refractivity contribution >= 4 is 5.57 Å². The second-order valence-electron chi connectivity index (χ2n) is 10.6. The zero-order chi connectivity index (χ0) is 32.9. The van der Waals surface area contributed by atoms with E-state index in [9.17, 15) is 13.9 Å². The first kappa shape index (κ1) is 33.9. The first-order valence-corrected chi connectivity index (χ1v) is 14.9. The smallest absolute Gasteiger partial charge is 0.266 e. The van der Waals surface area contributed by atoms with Gasteiger partial charge in [0.25, 0.3) is 6.08 Å². The SMILES string of the molecule is C=C(CO)OOc1ccc(-c2ccc(C#Cc3ccc(-c4ccc(C(=C)CO)cc4)c(F)c3)c(CCCCCC=C(F)F)c2)cc1. The zero-order valence-electron chi connectivity index (χ0n) is 25.4. The summed E-state index contributed by atoms with van der Waals surface area (Å²) in [4.78, 5) is 10.1. The number of allylic oxidation sites excluding steroid dienone is 1. The van der Waals surface area contributed by atoms with Crippen molar-refractivity contribution in [3.63, 3.8) is 0 Å². The van der Waals surface area contributed by atoms with E-state index in [1.807, 2.05) is 24.3 Å². The van der Waals surface area contributed by atoms with Gasteiger partial charge in [-0.2, -0.15) is 8.78 Å². The van der Waals surface area contributed by atoms with Crippen LogP contribution in [0.1, 0.15) is 47.9 Å². The van der Waals surface area contributed by atoms with E-state index in [2.05, 4.69) is 31.1 Å². The molecule has 0 amide bonds. The lowest BCUT2D eigenvalue weighted by atomic mass is 9.95. The van der Waals surface area contributed by atoms with Crippen LogP contribution >= 0.6 is 0 Å². The highest BCUT2D eigenvalue weighted by Gasteiger charge is 2.09. The first-order valence-electron chi connectivity index (χ1n) is 14.9.